The minimum absolute atomic E-state index is 0.463. The zero-order valence-electron chi connectivity index (χ0n) is 17.4. The Morgan fingerprint density at radius 1 is 0.933 bits per heavy atom. The summed E-state index contributed by atoms with van der Waals surface area (Å²) in [4.78, 5) is 6.51. The lowest BCUT2D eigenvalue weighted by atomic mass is 10.2. The van der Waals surface area contributed by atoms with Crippen LogP contribution in [-0.2, 0) is 13.2 Å². The van der Waals surface area contributed by atoms with E-state index in [1.165, 1.54) is 5.56 Å². The van der Waals surface area contributed by atoms with Crippen molar-refractivity contribution in [3.63, 3.8) is 0 Å². The smallest absolute Gasteiger partial charge is 0.129 e. The Labute approximate surface area is 182 Å². The molecule has 2 aromatic carbocycles. The van der Waals surface area contributed by atoms with Gasteiger partial charge in [-0.2, -0.15) is 0 Å². The number of ether oxygens (including phenoxy) is 1. The topological polar surface area (TPSA) is 30.3 Å². The third-order valence-electron chi connectivity index (χ3n) is 5.37. The van der Waals surface area contributed by atoms with Gasteiger partial charge in [-0.3, -0.25) is 4.90 Å². The Balaban J connectivity index is 1.48. The lowest BCUT2D eigenvalue weighted by Crippen LogP contribution is -2.22. The van der Waals surface area contributed by atoms with Crippen LogP contribution < -0.4 is 4.74 Å². The minimum atomic E-state index is 0.463. The van der Waals surface area contributed by atoms with Crippen molar-refractivity contribution in [2.24, 2.45) is 0 Å². The van der Waals surface area contributed by atoms with Gasteiger partial charge in [0.25, 0.3) is 0 Å². The average Bonchev–Trinajstić information content (AvgIpc) is 3.21. The molecule has 0 unspecified atom stereocenters. The van der Waals surface area contributed by atoms with Crippen LogP contribution in [0.25, 0.3) is 16.6 Å². The summed E-state index contributed by atoms with van der Waals surface area (Å²) < 4.78 is 8.14. The van der Waals surface area contributed by atoms with Crippen molar-refractivity contribution < 1.29 is 4.74 Å². The van der Waals surface area contributed by atoms with Gasteiger partial charge in [0, 0.05) is 35.6 Å². The minimum Gasteiger partial charge on any atom is -0.489 e. The Kier molecular flexibility index (Phi) is 6.36. The maximum Gasteiger partial charge on any atom is 0.129 e. The molecule has 4 rings (SSSR count). The largest absolute Gasteiger partial charge is 0.489 e. The van der Waals surface area contributed by atoms with Gasteiger partial charge < -0.3 is 9.30 Å². The quantitative estimate of drug-likeness (QED) is 0.323. The molecule has 0 fully saturated rings. The molecule has 30 heavy (non-hydrogen) atoms. The number of hydrogen-bond acceptors (Lipinski definition) is 3. The monoisotopic (exact) mass is 419 g/mol. The van der Waals surface area contributed by atoms with E-state index < -0.39 is 0 Å². The number of halogens is 1. The summed E-state index contributed by atoms with van der Waals surface area (Å²) in [6.45, 7) is 8.00. The lowest BCUT2D eigenvalue weighted by Gasteiger charge is -2.18. The molecule has 2 aromatic heterocycles. The first kappa shape index (κ1) is 20.5. The molecule has 0 aliphatic heterocycles. The highest BCUT2D eigenvalue weighted by molar-refractivity contribution is 6.29. The molecule has 0 spiro atoms. The fourth-order valence-corrected chi connectivity index (χ4v) is 3.67. The van der Waals surface area contributed by atoms with Gasteiger partial charge in [-0.15, -0.1) is 0 Å². The molecule has 2 heterocycles. The zero-order chi connectivity index (χ0) is 20.9. The van der Waals surface area contributed by atoms with E-state index in [-0.39, 0.29) is 0 Å². The highest BCUT2D eigenvalue weighted by atomic mass is 35.5. The van der Waals surface area contributed by atoms with Crippen LogP contribution in [0.4, 0.5) is 0 Å². The second kappa shape index (κ2) is 9.33. The van der Waals surface area contributed by atoms with Crippen molar-refractivity contribution in [2.45, 2.75) is 27.0 Å². The zero-order valence-corrected chi connectivity index (χ0v) is 18.1. The van der Waals surface area contributed by atoms with Gasteiger partial charge in [0.1, 0.15) is 17.5 Å². The molecule has 0 atom stereocenters. The Bertz CT molecular complexity index is 1100. The van der Waals surface area contributed by atoms with Crippen LogP contribution in [0.2, 0.25) is 5.15 Å². The molecule has 4 aromatic rings. The Hall–Kier alpha value is -2.82. The highest BCUT2D eigenvalue weighted by Crippen LogP contribution is 2.25. The summed E-state index contributed by atoms with van der Waals surface area (Å²) in [6.07, 6.45) is 3.85. The number of aromatic nitrogens is 2. The van der Waals surface area contributed by atoms with Crippen LogP contribution >= 0.6 is 11.6 Å². The predicted molar refractivity (Wildman–Crippen MR) is 123 cm³/mol. The molecule has 0 amide bonds. The van der Waals surface area contributed by atoms with E-state index in [0.29, 0.717) is 11.8 Å². The van der Waals surface area contributed by atoms with Crippen LogP contribution in [0.1, 0.15) is 25.0 Å². The normalized spacial score (nSPS) is 11.3. The van der Waals surface area contributed by atoms with Gasteiger partial charge in [-0.25, -0.2) is 4.98 Å². The van der Waals surface area contributed by atoms with Gasteiger partial charge in [-0.05, 0) is 61.1 Å². The Morgan fingerprint density at radius 2 is 1.70 bits per heavy atom. The van der Waals surface area contributed by atoms with Gasteiger partial charge >= 0.3 is 0 Å². The predicted octanol–water partition coefficient (Wildman–Crippen LogP) is 6.10. The molecule has 0 saturated carbocycles. The third kappa shape index (κ3) is 4.66. The standard InChI is InChI=1S/C25H26ClN3O/c1-3-28(4-2)17-19-5-8-22(9-6-19)29-14-13-21-15-23(10-11-24(21)29)30-18-20-7-12-25(26)27-16-20/h5-16H,3-4,17-18H2,1-2H3. The van der Waals surface area contributed by atoms with Crippen molar-refractivity contribution in [2.75, 3.05) is 13.1 Å². The van der Waals surface area contributed by atoms with E-state index in [2.05, 4.69) is 77.0 Å². The fourth-order valence-electron chi connectivity index (χ4n) is 3.56. The van der Waals surface area contributed by atoms with Gasteiger partial charge in [0.15, 0.2) is 0 Å². The molecule has 0 N–H and O–H groups in total. The van der Waals surface area contributed by atoms with Crippen LogP contribution in [0.5, 0.6) is 5.75 Å². The number of hydrogen-bond donors (Lipinski definition) is 0. The van der Waals surface area contributed by atoms with Crippen molar-refractivity contribution in [3.05, 3.63) is 89.3 Å². The van der Waals surface area contributed by atoms with Crippen LogP contribution in [0.15, 0.2) is 73.1 Å². The summed E-state index contributed by atoms with van der Waals surface area (Å²) in [5, 5.41) is 1.64. The van der Waals surface area contributed by atoms with Gasteiger partial charge in [0.2, 0.25) is 0 Å². The van der Waals surface area contributed by atoms with E-state index in [1.807, 2.05) is 12.1 Å². The second-order valence-corrected chi connectivity index (χ2v) is 7.70. The third-order valence-corrected chi connectivity index (χ3v) is 5.59. The molecule has 0 bridgehead atoms. The van der Waals surface area contributed by atoms with Crippen molar-refractivity contribution in [1.82, 2.24) is 14.5 Å². The summed E-state index contributed by atoms with van der Waals surface area (Å²) in [5.41, 5.74) is 4.65. The molecule has 0 radical (unpaired) electrons. The van der Waals surface area contributed by atoms with E-state index in [9.17, 15) is 0 Å². The first-order chi connectivity index (χ1) is 14.7. The average molecular weight is 420 g/mol. The summed E-state index contributed by atoms with van der Waals surface area (Å²) >= 11 is 5.83. The van der Waals surface area contributed by atoms with E-state index in [4.69, 9.17) is 16.3 Å². The molecule has 0 aliphatic rings. The summed E-state index contributed by atoms with van der Waals surface area (Å²) in [6, 6.07) is 20.8. The van der Waals surface area contributed by atoms with Crippen molar-refractivity contribution >= 4 is 22.5 Å². The van der Waals surface area contributed by atoms with Gasteiger partial charge in [-0.1, -0.05) is 43.6 Å². The maximum absolute atomic E-state index is 5.93. The first-order valence-corrected chi connectivity index (χ1v) is 10.7. The van der Waals surface area contributed by atoms with Crippen LogP contribution in [0.3, 0.4) is 0 Å². The van der Waals surface area contributed by atoms with E-state index >= 15 is 0 Å². The molecule has 4 nitrogen and oxygen atoms in total. The lowest BCUT2D eigenvalue weighted by molar-refractivity contribution is 0.296. The first-order valence-electron chi connectivity index (χ1n) is 10.3. The molecule has 5 heteroatoms. The molecule has 0 aliphatic carbocycles. The molecular formula is C25H26ClN3O. The summed E-state index contributed by atoms with van der Waals surface area (Å²) in [7, 11) is 0. The van der Waals surface area contributed by atoms with E-state index in [1.54, 1.807) is 12.3 Å². The van der Waals surface area contributed by atoms with Gasteiger partial charge in [0.05, 0.1) is 5.52 Å². The molecule has 0 saturated heterocycles. The van der Waals surface area contributed by atoms with Crippen LogP contribution in [-0.4, -0.2) is 27.5 Å². The van der Waals surface area contributed by atoms with Crippen molar-refractivity contribution in [1.29, 1.82) is 0 Å². The number of fused-ring (bicyclic) bond motifs is 1. The fraction of sp³-hybridized carbons (Fsp3) is 0.240. The molecular weight excluding hydrogens is 394 g/mol. The van der Waals surface area contributed by atoms with Crippen LogP contribution in [0, 0.1) is 0 Å². The number of rotatable bonds is 8. The van der Waals surface area contributed by atoms with Crippen molar-refractivity contribution in [3.8, 4) is 11.4 Å². The second-order valence-electron chi connectivity index (χ2n) is 7.31. The van der Waals surface area contributed by atoms with E-state index in [0.717, 1.165) is 47.5 Å². The SMILES string of the molecule is CCN(CC)Cc1ccc(-n2ccc3cc(OCc4ccc(Cl)nc4)ccc32)cc1. The number of nitrogens with zero attached hydrogens (tertiary/aromatic N) is 3. The maximum atomic E-state index is 5.93. The summed E-state index contributed by atoms with van der Waals surface area (Å²) in [5.74, 6) is 0.838. The molecule has 154 valence electrons. The number of benzene rings is 2. The number of pyridine rings is 1. The Morgan fingerprint density at radius 3 is 2.40 bits per heavy atom. The highest BCUT2D eigenvalue weighted by Gasteiger charge is 2.07.